The number of aromatic nitrogens is 2. The molecule has 0 bridgehead atoms. The van der Waals surface area contributed by atoms with Crippen LogP contribution in [0, 0.1) is 6.92 Å². The van der Waals surface area contributed by atoms with Crippen molar-refractivity contribution in [1.29, 1.82) is 0 Å². The molecule has 2 aromatic carbocycles. The molecule has 156 valence electrons. The number of nitrogens with one attached hydrogen (secondary N) is 1. The maximum Gasteiger partial charge on any atom is 0.227 e. The van der Waals surface area contributed by atoms with Gasteiger partial charge in [0, 0.05) is 35.8 Å². The highest BCUT2D eigenvalue weighted by Crippen LogP contribution is 2.32. The highest BCUT2D eigenvalue weighted by molar-refractivity contribution is 5.89. The van der Waals surface area contributed by atoms with Gasteiger partial charge in [0.1, 0.15) is 0 Å². The third kappa shape index (κ3) is 4.11. The minimum atomic E-state index is 0.0654. The van der Waals surface area contributed by atoms with Crippen LogP contribution in [0.2, 0.25) is 0 Å². The van der Waals surface area contributed by atoms with Crippen molar-refractivity contribution in [2.24, 2.45) is 0 Å². The van der Waals surface area contributed by atoms with Gasteiger partial charge < -0.3 is 9.88 Å². The van der Waals surface area contributed by atoms with Crippen LogP contribution in [-0.4, -0.2) is 27.3 Å². The number of nitrogens with zero attached hydrogens (tertiary/aromatic N) is 2. The fourth-order valence-corrected chi connectivity index (χ4v) is 4.61. The normalized spacial score (nSPS) is 16.2. The van der Waals surface area contributed by atoms with Crippen molar-refractivity contribution in [2.75, 3.05) is 6.54 Å². The summed E-state index contributed by atoms with van der Waals surface area (Å²) in [4.78, 5) is 23.5. The maximum atomic E-state index is 13.2. The molecule has 0 spiro atoms. The average molecular weight is 410 g/mol. The molecule has 1 aliphatic heterocycles. The Hall–Kier alpha value is -3.40. The average Bonchev–Trinajstić information content (AvgIpc) is 3.43. The number of hydrogen-bond donors (Lipinski definition) is 1. The molecule has 1 atom stereocenters. The maximum absolute atomic E-state index is 13.2. The summed E-state index contributed by atoms with van der Waals surface area (Å²) in [5.41, 5.74) is 6.72. The second kappa shape index (κ2) is 8.38. The summed E-state index contributed by atoms with van der Waals surface area (Å²) in [6.07, 6.45) is 5.19. The molecular weight excluding hydrogens is 382 g/mol. The van der Waals surface area contributed by atoms with Gasteiger partial charge in [-0.05, 0) is 49.1 Å². The Morgan fingerprint density at radius 3 is 2.77 bits per heavy atom. The van der Waals surface area contributed by atoms with E-state index in [1.807, 2.05) is 29.3 Å². The number of rotatable bonds is 5. The third-order valence-electron chi connectivity index (χ3n) is 6.27. The number of aryl methyl sites for hydroxylation is 1. The lowest BCUT2D eigenvalue weighted by molar-refractivity contribution is -0.131. The summed E-state index contributed by atoms with van der Waals surface area (Å²) in [5.74, 6) is 0.179. The van der Waals surface area contributed by atoms with Crippen molar-refractivity contribution in [1.82, 2.24) is 14.9 Å². The van der Waals surface area contributed by atoms with E-state index < -0.39 is 0 Å². The van der Waals surface area contributed by atoms with E-state index in [1.54, 1.807) is 0 Å². The summed E-state index contributed by atoms with van der Waals surface area (Å²) < 4.78 is 0. The molecule has 4 aromatic rings. The van der Waals surface area contributed by atoms with Crippen LogP contribution < -0.4 is 0 Å². The molecule has 1 aliphatic rings. The number of fused-ring (bicyclic) bond motifs is 1. The molecule has 4 nitrogen and oxygen atoms in total. The van der Waals surface area contributed by atoms with Crippen molar-refractivity contribution in [3.8, 4) is 0 Å². The summed E-state index contributed by atoms with van der Waals surface area (Å²) in [5, 5.41) is 1.13. The fourth-order valence-electron chi connectivity index (χ4n) is 4.61. The van der Waals surface area contributed by atoms with E-state index in [0.29, 0.717) is 6.42 Å². The van der Waals surface area contributed by atoms with Gasteiger partial charge in [-0.3, -0.25) is 9.78 Å². The van der Waals surface area contributed by atoms with E-state index >= 15 is 0 Å². The van der Waals surface area contributed by atoms with Crippen molar-refractivity contribution in [3.05, 3.63) is 101 Å². The van der Waals surface area contributed by atoms with Crippen molar-refractivity contribution in [3.63, 3.8) is 0 Å². The quantitative estimate of drug-likeness (QED) is 0.482. The Kier molecular flexibility index (Phi) is 5.29. The van der Waals surface area contributed by atoms with E-state index in [0.717, 1.165) is 53.7 Å². The molecule has 3 heterocycles. The molecule has 31 heavy (non-hydrogen) atoms. The Morgan fingerprint density at radius 2 is 1.90 bits per heavy atom. The molecular formula is C27H27N3O. The predicted octanol–water partition coefficient (Wildman–Crippen LogP) is 5.37. The summed E-state index contributed by atoms with van der Waals surface area (Å²) in [7, 11) is 0. The number of H-pyrrole nitrogens is 1. The summed E-state index contributed by atoms with van der Waals surface area (Å²) in [6.45, 7) is 2.90. The van der Waals surface area contributed by atoms with Gasteiger partial charge in [-0.1, -0.05) is 54.1 Å². The third-order valence-corrected chi connectivity index (χ3v) is 6.27. The van der Waals surface area contributed by atoms with E-state index in [2.05, 4.69) is 60.4 Å². The first kappa shape index (κ1) is 19.6. The first-order valence-electron chi connectivity index (χ1n) is 11.0. The molecule has 5 rings (SSSR count). The second-order valence-corrected chi connectivity index (χ2v) is 8.50. The number of para-hydroxylation sites is 1. The number of likely N-dealkylation sites (tertiary alicyclic amines) is 1. The first-order valence-corrected chi connectivity index (χ1v) is 11.0. The lowest BCUT2D eigenvalue weighted by Gasteiger charge is -2.25. The molecule has 1 N–H and O–H groups in total. The molecule has 0 radical (unpaired) electrons. The lowest BCUT2D eigenvalue weighted by Crippen LogP contribution is -2.32. The van der Waals surface area contributed by atoms with E-state index in [9.17, 15) is 4.79 Å². The van der Waals surface area contributed by atoms with Crippen molar-refractivity contribution < 1.29 is 4.79 Å². The Balaban J connectivity index is 1.34. The van der Waals surface area contributed by atoms with Gasteiger partial charge >= 0.3 is 0 Å². The Morgan fingerprint density at radius 1 is 1.06 bits per heavy atom. The van der Waals surface area contributed by atoms with Gasteiger partial charge in [-0.2, -0.15) is 0 Å². The van der Waals surface area contributed by atoms with Crippen LogP contribution in [0.25, 0.3) is 10.9 Å². The van der Waals surface area contributed by atoms with E-state index in [4.69, 9.17) is 4.98 Å². The molecule has 0 saturated carbocycles. The van der Waals surface area contributed by atoms with Gasteiger partial charge in [-0.15, -0.1) is 0 Å². The summed E-state index contributed by atoms with van der Waals surface area (Å²) in [6, 6.07) is 23.1. The van der Waals surface area contributed by atoms with Crippen LogP contribution >= 0.6 is 0 Å². The number of pyridine rings is 1. The molecule has 1 amide bonds. The SMILES string of the molecule is Cc1ccc(Cc2cccc([C@@H]3CCCN3C(=O)Cc3c[nH]c4ccccc34)n2)cc1. The largest absolute Gasteiger partial charge is 0.361 e. The zero-order chi connectivity index (χ0) is 21.2. The molecule has 4 heteroatoms. The lowest BCUT2D eigenvalue weighted by atomic mass is 10.1. The number of carbonyl (C=O) groups is 1. The molecule has 0 unspecified atom stereocenters. The predicted molar refractivity (Wildman–Crippen MR) is 124 cm³/mol. The number of hydrogen-bond acceptors (Lipinski definition) is 2. The fraction of sp³-hybridized carbons (Fsp3) is 0.259. The Labute approximate surface area is 182 Å². The molecule has 0 aliphatic carbocycles. The number of aromatic amines is 1. The zero-order valence-electron chi connectivity index (χ0n) is 17.8. The number of carbonyl (C=O) groups excluding carboxylic acids is 1. The van der Waals surface area contributed by atoms with Crippen LogP contribution in [0.4, 0.5) is 0 Å². The number of benzene rings is 2. The van der Waals surface area contributed by atoms with Gasteiger partial charge in [0.15, 0.2) is 0 Å². The Bertz CT molecular complexity index is 1210. The van der Waals surface area contributed by atoms with Gasteiger partial charge in [0.25, 0.3) is 0 Å². The standard InChI is InChI=1S/C27H27N3O/c1-19-11-13-20(14-12-19)16-22-6-4-9-25(29-22)26-10-5-15-30(26)27(31)17-21-18-28-24-8-3-2-7-23(21)24/h2-4,6-9,11-14,18,26,28H,5,10,15-17H2,1H3/t26-/m0/s1. The minimum absolute atomic E-state index is 0.0654. The minimum Gasteiger partial charge on any atom is -0.361 e. The van der Waals surface area contributed by atoms with E-state index in [1.165, 1.54) is 11.1 Å². The van der Waals surface area contributed by atoms with Crippen LogP contribution in [0.15, 0.2) is 72.9 Å². The van der Waals surface area contributed by atoms with Gasteiger partial charge in [0.05, 0.1) is 18.2 Å². The van der Waals surface area contributed by atoms with Crippen molar-refractivity contribution in [2.45, 2.75) is 38.6 Å². The topological polar surface area (TPSA) is 49.0 Å². The highest BCUT2D eigenvalue weighted by Gasteiger charge is 2.31. The van der Waals surface area contributed by atoms with Gasteiger partial charge in [0.2, 0.25) is 5.91 Å². The molecule has 1 fully saturated rings. The van der Waals surface area contributed by atoms with Crippen molar-refractivity contribution >= 4 is 16.8 Å². The zero-order valence-corrected chi connectivity index (χ0v) is 17.8. The second-order valence-electron chi connectivity index (χ2n) is 8.50. The van der Waals surface area contributed by atoms with Gasteiger partial charge in [-0.25, -0.2) is 0 Å². The molecule has 2 aromatic heterocycles. The summed E-state index contributed by atoms with van der Waals surface area (Å²) >= 11 is 0. The monoisotopic (exact) mass is 409 g/mol. The smallest absolute Gasteiger partial charge is 0.227 e. The van der Waals surface area contributed by atoms with Crippen LogP contribution in [0.3, 0.4) is 0 Å². The highest BCUT2D eigenvalue weighted by atomic mass is 16.2. The van der Waals surface area contributed by atoms with Crippen LogP contribution in [0.1, 0.15) is 47.0 Å². The first-order chi connectivity index (χ1) is 15.2. The number of amides is 1. The van der Waals surface area contributed by atoms with Crippen LogP contribution in [-0.2, 0) is 17.6 Å². The molecule has 1 saturated heterocycles. The van der Waals surface area contributed by atoms with Crippen LogP contribution in [0.5, 0.6) is 0 Å². The van der Waals surface area contributed by atoms with E-state index in [-0.39, 0.29) is 11.9 Å².